The molecule has 0 heterocycles. The van der Waals surface area contributed by atoms with Gasteiger partial charge in [0.15, 0.2) is 5.66 Å². The first-order valence-electron chi connectivity index (χ1n) is 8.34. The number of methoxy groups -OCH3 is 1. The molecule has 0 amide bonds. The van der Waals surface area contributed by atoms with E-state index in [1.807, 2.05) is 61.5 Å². The molecule has 0 radical (unpaired) electrons. The van der Waals surface area contributed by atoms with Crippen LogP contribution in [-0.4, -0.2) is 18.7 Å². The third-order valence-corrected chi connectivity index (χ3v) is 9.32. The zero-order valence-electron chi connectivity index (χ0n) is 14.5. The summed E-state index contributed by atoms with van der Waals surface area (Å²) in [6, 6.07) is 31.1. The molecule has 0 aliphatic rings. The van der Waals surface area contributed by atoms with Gasteiger partial charge in [0, 0.05) is 0 Å². The van der Waals surface area contributed by atoms with Crippen LogP contribution in [0.25, 0.3) is 0 Å². The lowest BCUT2D eigenvalue weighted by Gasteiger charge is -2.31. The van der Waals surface area contributed by atoms with Gasteiger partial charge in [0.25, 0.3) is 0 Å². The second-order valence-electron chi connectivity index (χ2n) is 5.93. The number of carbonyl (C=O) groups excluding carboxylic acids is 1. The van der Waals surface area contributed by atoms with Crippen molar-refractivity contribution in [3.63, 3.8) is 0 Å². The van der Waals surface area contributed by atoms with E-state index in [2.05, 4.69) is 36.4 Å². The van der Waals surface area contributed by atoms with Crippen molar-refractivity contribution in [2.24, 2.45) is 0 Å². The fourth-order valence-corrected chi connectivity index (χ4v) is 8.02. The highest BCUT2D eigenvalue weighted by Gasteiger charge is 2.53. The molecular weight excluding hydrogens is 328 g/mol. The van der Waals surface area contributed by atoms with E-state index in [1.165, 1.54) is 23.0 Å². The Morgan fingerprint density at radius 1 is 0.720 bits per heavy atom. The van der Waals surface area contributed by atoms with Crippen LogP contribution in [0.3, 0.4) is 0 Å². The standard InChI is InChI=1S/C22H22O2P/c1-18(22(23)24-2)25(19-12-6-3-7-13-19,20-14-8-4-9-15-20)21-16-10-5-11-17-21/h3-18H,1-2H3/q+1/i1+1. The molecule has 3 aromatic rings. The van der Waals surface area contributed by atoms with Crippen molar-refractivity contribution in [3.05, 3.63) is 91.0 Å². The van der Waals surface area contributed by atoms with Crippen LogP contribution in [0, 0.1) is 0 Å². The summed E-state index contributed by atoms with van der Waals surface area (Å²) in [4.78, 5) is 12.7. The number of ether oxygens (including phenoxy) is 1. The van der Waals surface area contributed by atoms with E-state index in [-0.39, 0.29) is 11.6 Å². The molecule has 0 aromatic heterocycles. The molecule has 3 rings (SSSR count). The number of rotatable bonds is 5. The maximum atomic E-state index is 12.7. The summed E-state index contributed by atoms with van der Waals surface area (Å²) in [5, 5.41) is 3.56. The van der Waals surface area contributed by atoms with E-state index in [0.717, 1.165) is 0 Å². The van der Waals surface area contributed by atoms with Gasteiger partial charge < -0.3 is 4.74 Å². The first kappa shape index (κ1) is 17.4. The molecule has 2 nitrogen and oxygen atoms in total. The van der Waals surface area contributed by atoms with Gasteiger partial charge in [-0.15, -0.1) is 0 Å². The largest absolute Gasteiger partial charge is 0.466 e. The Bertz CT molecular complexity index is 720. The Labute approximate surface area is 149 Å². The van der Waals surface area contributed by atoms with Gasteiger partial charge in [0.2, 0.25) is 0 Å². The quantitative estimate of drug-likeness (QED) is 0.400. The molecule has 126 valence electrons. The number of hydrogen-bond acceptors (Lipinski definition) is 2. The van der Waals surface area contributed by atoms with Gasteiger partial charge in [0.1, 0.15) is 23.2 Å². The SMILES string of the molecule is COC(=O)C([13CH3])[P+](c1ccccc1)(c1ccccc1)c1ccccc1. The summed E-state index contributed by atoms with van der Waals surface area (Å²) < 4.78 is 5.17. The van der Waals surface area contributed by atoms with Gasteiger partial charge in [-0.25, -0.2) is 4.79 Å². The van der Waals surface area contributed by atoms with Crippen LogP contribution >= 0.6 is 7.26 Å². The number of carbonyl (C=O) groups is 1. The molecule has 0 spiro atoms. The van der Waals surface area contributed by atoms with Crippen LogP contribution in [-0.2, 0) is 9.53 Å². The Balaban J connectivity index is 2.38. The summed E-state index contributed by atoms with van der Waals surface area (Å²) >= 11 is 0. The maximum Gasteiger partial charge on any atom is 0.347 e. The molecule has 3 aromatic carbocycles. The van der Waals surface area contributed by atoms with Gasteiger partial charge >= 0.3 is 5.97 Å². The van der Waals surface area contributed by atoms with Crippen molar-refractivity contribution in [1.82, 2.24) is 0 Å². The molecule has 3 heteroatoms. The van der Waals surface area contributed by atoms with Crippen LogP contribution < -0.4 is 15.9 Å². The minimum Gasteiger partial charge on any atom is -0.466 e. The van der Waals surface area contributed by atoms with Crippen molar-refractivity contribution in [1.29, 1.82) is 0 Å². The van der Waals surface area contributed by atoms with E-state index in [0.29, 0.717) is 0 Å². The molecule has 0 saturated carbocycles. The first-order chi connectivity index (χ1) is 12.2. The van der Waals surface area contributed by atoms with Crippen LogP contribution in [0.2, 0.25) is 0 Å². The van der Waals surface area contributed by atoms with Crippen LogP contribution in [0.5, 0.6) is 0 Å². The number of esters is 1. The summed E-state index contributed by atoms with van der Waals surface area (Å²) in [6.45, 7) is 1.99. The third kappa shape index (κ3) is 3.10. The highest BCUT2D eigenvalue weighted by Crippen LogP contribution is 2.59. The second kappa shape index (κ2) is 7.63. The van der Waals surface area contributed by atoms with Crippen molar-refractivity contribution in [3.8, 4) is 0 Å². The first-order valence-corrected chi connectivity index (χ1v) is 10.2. The zero-order chi connectivity index (χ0) is 17.7. The molecule has 1 unspecified atom stereocenters. The monoisotopic (exact) mass is 350 g/mol. The second-order valence-corrected chi connectivity index (χ2v) is 9.70. The van der Waals surface area contributed by atoms with Crippen molar-refractivity contribution in [2.75, 3.05) is 7.11 Å². The lowest BCUT2D eigenvalue weighted by atomic mass is 10.3. The average molecular weight is 350 g/mol. The predicted octanol–water partition coefficient (Wildman–Crippen LogP) is 3.54. The van der Waals surface area contributed by atoms with E-state index < -0.39 is 7.26 Å². The summed E-state index contributed by atoms with van der Waals surface area (Å²) in [6.07, 6.45) is 0. The molecule has 0 aliphatic carbocycles. The highest BCUT2D eigenvalue weighted by atomic mass is 31.2. The highest BCUT2D eigenvalue weighted by molar-refractivity contribution is 7.96. The fourth-order valence-electron chi connectivity index (χ4n) is 3.44. The maximum absolute atomic E-state index is 12.7. The topological polar surface area (TPSA) is 26.3 Å². The van der Waals surface area contributed by atoms with E-state index in [1.54, 1.807) is 0 Å². The van der Waals surface area contributed by atoms with Gasteiger partial charge in [-0.1, -0.05) is 54.6 Å². The van der Waals surface area contributed by atoms with Crippen molar-refractivity contribution in [2.45, 2.75) is 12.6 Å². The van der Waals surface area contributed by atoms with Crippen LogP contribution in [0.15, 0.2) is 91.0 Å². The molecular formula is C22H22O2P+. The Morgan fingerprint density at radius 2 is 1.04 bits per heavy atom. The van der Waals surface area contributed by atoms with Gasteiger partial charge in [-0.05, 0) is 43.3 Å². The van der Waals surface area contributed by atoms with Crippen LogP contribution in [0.1, 0.15) is 6.92 Å². The summed E-state index contributed by atoms with van der Waals surface area (Å²) in [5.41, 5.74) is -0.273. The number of benzene rings is 3. The molecule has 25 heavy (non-hydrogen) atoms. The average Bonchev–Trinajstić information content (AvgIpc) is 2.70. The molecule has 1 atom stereocenters. The van der Waals surface area contributed by atoms with Crippen LogP contribution in [0.4, 0.5) is 0 Å². The Hall–Kier alpha value is -2.44. The zero-order valence-corrected chi connectivity index (χ0v) is 15.4. The number of hydrogen-bond donors (Lipinski definition) is 0. The molecule has 0 N–H and O–H groups in total. The minimum atomic E-state index is -2.19. The van der Waals surface area contributed by atoms with E-state index >= 15 is 0 Å². The minimum absolute atomic E-state index is 0.176. The molecule has 0 fully saturated rings. The summed E-state index contributed by atoms with van der Waals surface area (Å²) in [5.74, 6) is -0.176. The van der Waals surface area contributed by atoms with Gasteiger partial charge in [0.05, 0.1) is 7.11 Å². The molecule has 0 aliphatic heterocycles. The van der Waals surface area contributed by atoms with Crippen molar-refractivity contribution < 1.29 is 9.53 Å². The van der Waals surface area contributed by atoms with Crippen molar-refractivity contribution >= 4 is 29.1 Å². The predicted molar refractivity (Wildman–Crippen MR) is 107 cm³/mol. The smallest absolute Gasteiger partial charge is 0.347 e. The van der Waals surface area contributed by atoms with E-state index in [4.69, 9.17) is 4.74 Å². The molecule has 0 bridgehead atoms. The lowest BCUT2D eigenvalue weighted by molar-refractivity contribution is -0.139. The normalized spacial score (nSPS) is 12.4. The van der Waals surface area contributed by atoms with Gasteiger partial charge in [-0.3, -0.25) is 0 Å². The Kier molecular flexibility index (Phi) is 5.31. The van der Waals surface area contributed by atoms with E-state index in [9.17, 15) is 4.79 Å². The molecule has 0 saturated heterocycles. The fraction of sp³-hybridized carbons (Fsp3) is 0.136. The summed E-state index contributed by atoms with van der Waals surface area (Å²) in [7, 11) is -0.725. The van der Waals surface area contributed by atoms with Gasteiger partial charge in [-0.2, -0.15) is 0 Å². The Morgan fingerprint density at radius 3 is 1.32 bits per heavy atom. The third-order valence-electron chi connectivity index (χ3n) is 4.61. The lowest BCUT2D eigenvalue weighted by Crippen LogP contribution is -2.41.